The lowest BCUT2D eigenvalue weighted by Gasteiger charge is -2.10. The zero-order valence-electron chi connectivity index (χ0n) is 33.4. The number of esters is 2. The highest BCUT2D eigenvalue weighted by Gasteiger charge is 2.19. The Bertz CT molecular complexity index is 2250. The van der Waals surface area contributed by atoms with Gasteiger partial charge in [-0.15, -0.1) is 0 Å². The first-order valence-electron chi connectivity index (χ1n) is 18.2. The average molecular weight is 811 g/mol. The quantitative estimate of drug-likeness (QED) is 0.0298. The average Bonchev–Trinajstić information content (AvgIpc) is 3.21. The topological polar surface area (TPSA) is 193 Å². The van der Waals surface area contributed by atoms with Crippen LogP contribution in [0, 0.1) is 0 Å². The second-order valence-electron chi connectivity index (χ2n) is 13.2. The Morgan fingerprint density at radius 3 is 1.51 bits per heavy atom. The molecule has 59 heavy (non-hydrogen) atoms. The first kappa shape index (κ1) is 44.2. The van der Waals surface area contributed by atoms with E-state index in [1.807, 2.05) is 0 Å². The van der Waals surface area contributed by atoms with Crippen molar-refractivity contribution in [3.05, 3.63) is 132 Å². The molecule has 0 spiro atoms. The van der Waals surface area contributed by atoms with E-state index in [4.69, 9.17) is 28.4 Å². The van der Waals surface area contributed by atoms with Crippen molar-refractivity contribution >= 4 is 42.1 Å². The predicted molar refractivity (Wildman–Crippen MR) is 212 cm³/mol. The number of nitrogens with one attached hydrogen (secondary N) is 2. The number of alkyl carbamates (subject to hydrolysis) is 2. The largest absolute Gasteiger partial charge is 0.508 e. The third-order valence-electron chi connectivity index (χ3n) is 7.65. The molecule has 3 N–H and O–H groups in total. The first-order valence-corrected chi connectivity index (χ1v) is 18.2. The Hall–Kier alpha value is -7.49. The maximum atomic E-state index is 12.9. The van der Waals surface area contributed by atoms with Crippen LogP contribution in [0.1, 0.15) is 59.5 Å². The minimum Gasteiger partial charge on any atom is -0.508 e. The van der Waals surface area contributed by atoms with Crippen LogP contribution in [-0.4, -0.2) is 61.3 Å². The molecule has 4 aromatic rings. The molecule has 308 valence electrons. The molecular formula is C43H46N4O12+2. The number of methoxy groups -OCH3 is 2. The third kappa shape index (κ3) is 14.5. The molecule has 2 amide bonds. The molecule has 4 rings (SSSR count). The normalized spacial score (nSPS) is 11.4. The van der Waals surface area contributed by atoms with Gasteiger partial charge in [-0.3, -0.25) is 4.79 Å². The Kier molecular flexibility index (Phi) is 16.3. The van der Waals surface area contributed by atoms with Crippen LogP contribution >= 0.6 is 0 Å². The van der Waals surface area contributed by atoms with Gasteiger partial charge in [0.1, 0.15) is 16.9 Å². The summed E-state index contributed by atoms with van der Waals surface area (Å²) in [5.74, 6) is -1.46. The number of carbonyl (C=O) groups excluding carboxylic acids is 5. The van der Waals surface area contributed by atoms with E-state index in [-0.39, 0.29) is 65.4 Å². The number of amides is 2. The summed E-state index contributed by atoms with van der Waals surface area (Å²) in [4.78, 5) is 62.1. The summed E-state index contributed by atoms with van der Waals surface area (Å²) in [6.07, 6.45) is 11.7. The third-order valence-corrected chi connectivity index (χ3v) is 7.65. The van der Waals surface area contributed by atoms with Crippen molar-refractivity contribution in [2.24, 2.45) is 0 Å². The first-order chi connectivity index (χ1) is 28.2. The minimum absolute atomic E-state index is 0.0885. The van der Waals surface area contributed by atoms with Gasteiger partial charge in [0.25, 0.3) is 13.5 Å². The fourth-order valence-corrected chi connectivity index (χ4v) is 4.93. The Morgan fingerprint density at radius 1 is 0.644 bits per heavy atom. The van der Waals surface area contributed by atoms with Crippen molar-refractivity contribution in [3.8, 4) is 23.0 Å². The van der Waals surface area contributed by atoms with Gasteiger partial charge in [0.05, 0.1) is 14.2 Å². The number of ketones is 1. The Morgan fingerprint density at radius 2 is 1.08 bits per heavy atom. The van der Waals surface area contributed by atoms with Gasteiger partial charge in [-0.1, -0.05) is 24.3 Å². The number of carbonyl (C=O) groups is 5. The van der Waals surface area contributed by atoms with Crippen molar-refractivity contribution in [2.45, 2.75) is 53.2 Å². The molecule has 16 heteroatoms. The summed E-state index contributed by atoms with van der Waals surface area (Å²) in [6.45, 7) is 6.99. The number of hydrogen-bond donors (Lipinski definition) is 3. The van der Waals surface area contributed by atoms with Gasteiger partial charge in [-0.05, 0) is 87.4 Å². The zero-order chi connectivity index (χ0) is 42.9. The molecule has 0 saturated heterocycles. The molecule has 16 nitrogen and oxygen atoms in total. The van der Waals surface area contributed by atoms with Gasteiger partial charge in [0.15, 0.2) is 53.6 Å². The number of benzene rings is 2. The van der Waals surface area contributed by atoms with E-state index < -0.39 is 29.9 Å². The Balaban J connectivity index is 1.33. The molecule has 0 aliphatic heterocycles. The van der Waals surface area contributed by atoms with Gasteiger partial charge in [0, 0.05) is 30.3 Å². The van der Waals surface area contributed by atoms with E-state index in [1.165, 1.54) is 72.2 Å². The molecule has 0 fully saturated rings. The molecule has 2 aromatic carbocycles. The minimum atomic E-state index is -0.677. The van der Waals surface area contributed by atoms with Crippen LogP contribution in [0.3, 0.4) is 0 Å². The summed E-state index contributed by atoms with van der Waals surface area (Å²) in [6, 6.07) is 15.6. The molecule has 0 atom stereocenters. The van der Waals surface area contributed by atoms with Gasteiger partial charge >= 0.3 is 24.1 Å². The van der Waals surface area contributed by atoms with Gasteiger partial charge in [-0.2, -0.15) is 9.13 Å². The fourth-order valence-electron chi connectivity index (χ4n) is 4.93. The van der Waals surface area contributed by atoms with Gasteiger partial charge in [0.2, 0.25) is 0 Å². The van der Waals surface area contributed by atoms with E-state index in [9.17, 15) is 29.1 Å². The summed E-state index contributed by atoms with van der Waals surface area (Å²) < 4.78 is 35.2. The monoisotopic (exact) mass is 810 g/mol. The number of pyridine rings is 2. The van der Waals surface area contributed by atoms with Crippen molar-refractivity contribution in [1.29, 1.82) is 0 Å². The zero-order valence-corrected chi connectivity index (χ0v) is 33.4. The van der Waals surface area contributed by atoms with Crippen LogP contribution in [0.4, 0.5) is 9.59 Å². The van der Waals surface area contributed by atoms with E-state index in [0.29, 0.717) is 11.1 Å². The lowest BCUT2D eigenvalue weighted by Crippen LogP contribution is -2.40. The van der Waals surface area contributed by atoms with E-state index in [2.05, 4.69) is 10.6 Å². The van der Waals surface area contributed by atoms with E-state index in [0.717, 1.165) is 6.08 Å². The second-order valence-corrected chi connectivity index (χ2v) is 13.2. The highest BCUT2D eigenvalue weighted by molar-refractivity contribution is 6.02. The van der Waals surface area contributed by atoms with E-state index >= 15 is 0 Å². The van der Waals surface area contributed by atoms with Crippen molar-refractivity contribution in [1.82, 2.24) is 10.6 Å². The standard InChI is InChI=1S/C43H44N4O12/c1-28(2)44-42(52)56-26-46-19-7-9-32(24-46)40(50)58-36-17-13-30(21-38(36)54-5)11-15-34(48)23-35(49)16-12-31-14-18-37(39(22-31)55-6)59-41(51)33-10-8-20-47(25-33)27-57-43(53)45-29(3)4/h7-25,28-29H,26-27H2,1-6H3,(H-2,44,45,48,49,52,53)/p+2. The van der Waals surface area contributed by atoms with Crippen LogP contribution < -0.4 is 38.7 Å². The van der Waals surface area contributed by atoms with Crippen LogP contribution in [0.2, 0.25) is 0 Å². The van der Waals surface area contributed by atoms with Gasteiger partial charge < -0.3 is 44.2 Å². The number of nitrogens with zero attached hydrogens (tertiary/aromatic N) is 2. The summed E-state index contributed by atoms with van der Waals surface area (Å²) >= 11 is 0. The molecule has 0 saturated carbocycles. The molecule has 0 radical (unpaired) electrons. The van der Waals surface area contributed by atoms with Crippen LogP contribution in [0.25, 0.3) is 12.2 Å². The second kappa shape index (κ2) is 21.7. The smallest absolute Gasteiger partial charge is 0.412 e. The van der Waals surface area contributed by atoms with Crippen molar-refractivity contribution in [3.63, 3.8) is 0 Å². The van der Waals surface area contributed by atoms with Crippen LogP contribution in [0.15, 0.2) is 109 Å². The predicted octanol–water partition coefficient (Wildman–Crippen LogP) is 5.64. The number of aliphatic hydroxyl groups excluding tert-OH is 1. The van der Waals surface area contributed by atoms with Crippen molar-refractivity contribution < 1.29 is 66.6 Å². The molecule has 2 aromatic heterocycles. The SMILES string of the molecule is COc1cc(C=CC(=O)C=C(O)C=Cc2ccc(OC(=O)c3ccc[n+](COC(=O)NC(C)C)c3)c(OC)c2)ccc1OC(=O)c1ccc[n+](COC(=O)NC(C)C)c1. The molecule has 2 heterocycles. The number of allylic oxidation sites excluding steroid dienone is 3. The molecular weight excluding hydrogens is 764 g/mol. The molecule has 0 bridgehead atoms. The molecule has 0 unspecified atom stereocenters. The van der Waals surface area contributed by atoms with Crippen molar-refractivity contribution in [2.75, 3.05) is 14.2 Å². The lowest BCUT2D eigenvalue weighted by atomic mass is 10.1. The number of aliphatic hydroxyl groups is 1. The van der Waals surface area contributed by atoms with E-state index in [1.54, 1.807) is 88.6 Å². The van der Waals surface area contributed by atoms with Crippen LogP contribution in [-0.2, 0) is 27.7 Å². The fraction of sp³-hybridized carbons (Fsp3) is 0.233. The number of rotatable bonds is 17. The van der Waals surface area contributed by atoms with Crippen LogP contribution in [0.5, 0.6) is 23.0 Å². The number of ether oxygens (including phenoxy) is 6. The maximum absolute atomic E-state index is 12.9. The van der Waals surface area contributed by atoms with Gasteiger partial charge in [-0.25, -0.2) is 19.2 Å². The summed E-state index contributed by atoms with van der Waals surface area (Å²) in [5, 5.41) is 15.6. The highest BCUT2D eigenvalue weighted by atomic mass is 16.6. The summed E-state index contributed by atoms with van der Waals surface area (Å²) in [5.41, 5.74) is 1.52. The summed E-state index contributed by atoms with van der Waals surface area (Å²) in [7, 11) is 2.81. The molecule has 0 aliphatic rings. The highest BCUT2D eigenvalue weighted by Crippen LogP contribution is 2.30. The lowest BCUT2D eigenvalue weighted by molar-refractivity contribution is -0.727. The number of hydrogen-bond acceptors (Lipinski definition) is 12. The maximum Gasteiger partial charge on any atom is 0.412 e. The molecule has 0 aliphatic carbocycles. The number of aromatic nitrogens is 2. The Labute approximate surface area is 340 Å².